The average molecular weight is 368 g/mol. The number of amides is 2. The quantitative estimate of drug-likeness (QED) is 0.694. The Morgan fingerprint density at radius 1 is 1.15 bits per heavy atom. The molecule has 1 fully saturated rings. The molecular weight excluding hydrogens is 342 g/mol. The minimum Gasteiger partial charge on any atom is -0.376 e. The van der Waals surface area contributed by atoms with Gasteiger partial charge in [-0.15, -0.1) is 0 Å². The van der Waals surface area contributed by atoms with Crippen molar-refractivity contribution < 1.29 is 23.1 Å². The predicted molar refractivity (Wildman–Crippen MR) is 93.7 cm³/mol. The van der Waals surface area contributed by atoms with E-state index in [-0.39, 0.29) is 30.5 Å². The van der Waals surface area contributed by atoms with Gasteiger partial charge in [-0.25, -0.2) is 8.78 Å². The first kappa shape index (κ1) is 20.3. The molecule has 0 spiro atoms. The summed E-state index contributed by atoms with van der Waals surface area (Å²) < 4.78 is 32.1. The molecule has 2 atom stereocenters. The third-order valence-corrected chi connectivity index (χ3v) is 4.60. The highest BCUT2D eigenvalue weighted by molar-refractivity contribution is 5.94. The van der Waals surface area contributed by atoms with Gasteiger partial charge in [-0.2, -0.15) is 0 Å². The second-order valence-electron chi connectivity index (χ2n) is 6.65. The summed E-state index contributed by atoms with van der Waals surface area (Å²) in [6.45, 7) is 3.15. The van der Waals surface area contributed by atoms with E-state index in [1.165, 1.54) is 19.3 Å². The van der Waals surface area contributed by atoms with Crippen LogP contribution in [0.5, 0.6) is 0 Å². The van der Waals surface area contributed by atoms with E-state index in [4.69, 9.17) is 4.74 Å². The molecule has 1 saturated carbocycles. The van der Waals surface area contributed by atoms with Gasteiger partial charge in [0.05, 0.1) is 18.3 Å². The van der Waals surface area contributed by atoms with Gasteiger partial charge < -0.3 is 15.4 Å². The fraction of sp³-hybridized carbons (Fsp3) is 0.579. The SMILES string of the molecule is CC1CCCCC1OCCNC(=O)CCNC(=O)c1ccc(F)cc1F. The topological polar surface area (TPSA) is 67.4 Å². The number of benzene rings is 1. The van der Waals surface area contributed by atoms with Crippen molar-refractivity contribution in [2.45, 2.75) is 45.1 Å². The Kier molecular flexibility index (Phi) is 7.97. The third kappa shape index (κ3) is 6.37. The van der Waals surface area contributed by atoms with E-state index in [9.17, 15) is 18.4 Å². The minimum atomic E-state index is -0.930. The third-order valence-electron chi connectivity index (χ3n) is 4.60. The van der Waals surface area contributed by atoms with Gasteiger partial charge in [0.15, 0.2) is 0 Å². The molecule has 2 unspecified atom stereocenters. The molecule has 2 rings (SSSR count). The molecule has 1 aliphatic carbocycles. The molecule has 2 amide bonds. The Hall–Kier alpha value is -2.02. The van der Waals surface area contributed by atoms with Gasteiger partial charge in [0, 0.05) is 25.6 Å². The minimum absolute atomic E-state index is 0.0714. The van der Waals surface area contributed by atoms with Crippen molar-refractivity contribution in [3.05, 3.63) is 35.4 Å². The maximum absolute atomic E-state index is 13.5. The van der Waals surface area contributed by atoms with Crippen molar-refractivity contribution in [3.8, 4) is 0 Å². The van der Waals surface area contributed by atoms with Crippen LogP contribution in [0.25, 0.3) is 0 Å². The Morgan fingerprint density at radius 3 is 2.65 bits per heavy atom. The van der Waals surface area contributed by atoms with E-state index in [2.05, 4.69) is 17.6 Å². The molecule has 2 N–H and O–H groups in total. The lowest BCUT2D eigenvalue weighted by Gasteiger charge is -2.28. The summed E-state index contributed by atoms with van der Waals surface area (Å²) in [7, 11) is 0. The maximum Gasteiger partial charge on any atom is 0.254 e. The lowest BCUT2D eigenvalue weighted by Crippen LogP contribution is -2.34. The molecule has 1 aromatic carbocycles. The summed E-state index contributed by atoms with van der Waals surface area (Å²) in [6, 6.07) is 2.73. The summed E-state index contributed by atoms with van der Waals surface area (Å²) in [5, 5.41) is 5.18. The maximum atomic E-state index is 13.5. The fourth-order valence-corrected chi connectivity index (χ4v) is 3.08. The van der Waals surface area contributed by atoms with Gasteiger partial charge in [-0.3, -0.25) is 9.59 Å². The van der Waals surface area contributed by atoms with Gasteiger partial charge in [0.2, 0.25) is 5.91 Å². The highest BCUT2D eigenvalue weighted by Crippen LogP contribution is 2.25. The van der Waals surface area contributed by atoms with Crippen LogP contribution in [0.1, 0.15) is 49.4 Å². The molecule has 0 bridgehead atoms. The first-order chi connectivity index (χ1) is 12.5. The van der Waals surface area contributed by atoms with Gasteiger partial charge in [-0.1, -0.05) is 19.8 Å². The number of carbonyl (C=O) groups excluding carboxylic acids is 2. The van der Waals surface area contributed by atoms with Gasteiger partial charge >= 0.3 is 0 Å². The highest BCUT2D eigenvalue weighted by Gasteiger charge is 2.21. The average Bonchev–Trinajstić information content (AvgIpc) is 2.60. The van der Waals surface area contributed by atoms with Crippen molar-refractivity contribution in [2.24, 2.45) is 5.92 Å². The number of nitrogens with one attached hydrogen (secondary N) is 2. The van der Waals surface area contributed by atoms with E-state index in [1.54, 1.807) is 0 Å². The summed E-state index contributed by atoms with van der Waals surface area (Å²) in [5.41, 5.74) is -0.248. The Labute approximate surface area is 152 Å². The van der Waals surface area contributed by atoms with Crippen LogP contribution in [0, 0.1) is 17.6 Å². The van der Waals surface area contributed by atoms with E-state index >= 15 is 0 Å². The molecule has 0 heterocycles. The zero-order valence-electron chi connectivity index (χ0n) is 15.0. The van der Waals surface area contributed by atoms with Crippen LogP contribution in [0.2, 0.25) is 0 Å². The first-order valence-corrected chi connectivity index (χ1v) is 9.09. The number of ether oxygens (including phenoxy) is 1. The summed E-state index contributed by atoms with van der Waals surface area (Å²) in [4.78, 5) is 23.5. The molecule has 26 heavy (non-hydrogen) atoms. The smallest absolute Gasteiger partial charge is 0.254 e. The number of hydrogen-bond acceptors (Lipinski definition) is 3. The predicted octanol–water partition coefficient (Wildman–Crippen LogP) is 2.80. The largest absolute Gasteiger partial charge is 0.376 e. The van der Waals surface area contributed by atoms with Crippen LogP contribution >= 0.6 is 0 Å². The zero-order chi connectivity index (χ0) is 18.9. The molecule has 0 aromatic heterocycles. The zero-order valence-corrected chi connectivity index (χ0v) is 15.0. The Bertz CT molecular complexity index is 625. The number of halogens is 2. The summed E-state index contributed by atoms with van der Waals surface area (Å²) in [5.74, 6) is -2.01. The van der Waals surface area contributed by atoms with Gasteiger partial charge in [0.25, 0.3) is 5.91 Å². The van der Waals surface area contributed by atoms with E-state index in [1.807, 2.05) is 0 Å². The standard InChI is InChI=1S/C19H26F2N2O3/c1-13-4-2-3-5-17(13)26-11-10-22-18(24)8-9-23-19(25)15-7-6-14(20)12-16(15)21/h6-7,12-13,17H,2-5,8-11H2,1H3,(H,22,24)(H,23,25). The molecule has 5 nitrogen and oxygen atoms in total. The molecule has 1 aromatic rings. The number of hydrogen-bond donors (Lipinski definition) is 2. The van der Waals surface area contributed by atoms with Crippen LogP contribution < -0.4 is 10.6 Å². The molecule has 0 aliphatic heterocycles. The normalized spacial score (nSPS) is 19.8. The van der Waals surface area contributed by atoms with Crippen molar-refractivity contribution in [1.29, 1.82) is 0 Å². The fourth-order valence-electron chi connectivity index (χ4n) is 3.08. The Morgan fingerprint density at radius 2 is 1.92 bits per heavy atom. The number of rotatable bonds is 8. The summed E-state index contributed by atoms with van der Waals surface area (Å²) >= 11 is 0. The molecular formula is C19H26F2N2O3. The Balaban J connectivity index is 1.59. The van der Waals surface area contributed by atoms with Crippen molar-refractivity contribution in [1.82, 2.24) is 10.6 Å². The molecule has 1 aliphatic rings. The lowest BCUT2D eigenvalue weighted by molar-refractivity contribution is -0.121. The van der Waals surface area contributed by atoms with Crippen LogP contribution in [-0.4, -0.2) is 37.6 Å². The van der Waals surface area contributed by atoms with Crippen molar-refractivity contribution >= 4 is 11.8 Å². The van der Waals surface area contributed by atoms with Crippen LogP contribution in [-0.2, 0) is 9.53 Å². The first-order valence-electron chi connectivity index (χ1n) is 9.09. The van der Waals surface area contributed by atoms with E-state index < -0.39 is 17.5 Å². The second kappa shape index (κ2) is 10.2. The second-order valence-corrected chi connectivity index (χ2v) is 6.65. The van der Waals surface area contributed by atoms with Gasteiger partial charge in [0.1, 0.15) is 11.6 Å². The molecule has 0 saturated heterocycles. The van der Waals surface area contributed by atoms with Gasteiger partial charge in [-0.05, 0) is 30.9 Å². The van der Waals surface area contributed by atoms with Crippen LogP contribution in [0.15, 0.2) is 18.2 Å². The van der Waals surface area contributed by atoms with E-state index in [0.717, 1.165) is 18.6 Å². The number of carbonyl (C=O) groups is 2. The summed E-state index contributed by atoms with van der Waals surface area (Å²) in [6.07, 6.45) is 5.05. The molecule has 7 heteroatoms. The lowest BCUT2D eigenvalue weighted by atomic mass is 9.88. The van der Waals surface area contributed by atoms with Crippen LogP contribution in [0.4, 0.5) is 8.78 Å². The van der Waals surface area contributed by atoms with Crippen molar-refractivity contribution in [3.63, 3.8) is 0 Å². The van der Waals surface area contributed by atoms with E-state index in [0.29, 0.717) is 25.1 Å². The monoisotopic (exact) mass is 368 g/mol. The molecule has 144 valence electrons. The van der Waals surface area contributed by atoms with Crippen molar-refractivity contribution in [2.75, 3.05) is 19.7 Å². The molecule has 0 radical (unpaired) electrons. The highest BCUT2D eigenvalue weighted by atomic mass is 19.1. The van der Waals surface area contributed by atoms with Crippen LogP contribution in [0.3, 0.4) is 0 Å².